The SMILES string of the molecule is CCCCC/C=C\C[C@H](O)/C=C/C=C/C=C\[C@H](O)CCCC(=O)O[C@H](COC(=O)CCCCCCC/C=C\CCCCCCCC)COP(=O)(O)O[C@H]1C(O)C(O)C(O)[C@@H](OP(=O)(O)O)C1O. The molecule has 0 amide bonds. The lowest BCUT2D eigenvalue weighted by Gasteiger charge is -2.43. The van der Waals surface area contributed by atoms with Gasteiger partial charge in [0, 0.05) is 12.8 Å². The van der Waals surface area contributed by atoms with Gasteiger partial charge in [0.1, 0.15) is 43.2 Å². The normalized spacial score (nSPS) is 22.9. The van der Waals surface area contributed by atoms with E-state index in [1.165, 1.54) is 51.0 Å². The Hall–Kier alpha value is -2.38. The number of ether oxygens (including phenoxy) is 2. The average molecular weight is 997 g/mol. The van der Waals surface area contributed by atoms with Crippen LogP contribution in [0.4, 0.5) is 0 Å². The predicted molar refractivity (Wildman–Crippen MR) is 253 cm³/mol. The second kappa shape index (κ2) is 37.4. The van der Waals surface area contributed by atoms with Crippen molar-refractivity contribution in [1.29, 1.82) is 0 Å². The van der Waals surface area contributed by atoms with Crippen molar-refractivity contribution >= 4 is 27.6 Å². The molecule has 1 aliphatic carbocycles. The largest absolute Gasteiger partial charge is 0.472 e. The molecule has 0 aliphatic heterocycles. The van der Waals surface area contributed by atoms with Crippen LogP contribution in [0.3, 0.4) is 0 Å². The van der Waals surface area contributed by atoms with Crippen molar-refractivity contribution in [2.45, 2.75) is 210 Å². The van der Waals surface area contributed by atoms with E-state index in [-0.39, 0.29) is 25.7 Å². The first-order valence-electron chi connectivity index (χ1n) is 24.1. The molecule has 1 aliphatic rings. The van der Waals surface area contributed by atoms with Crippen molar-refractivity contribution in [2.24, 2.45) is 0 Å². The summed E-state index contributed by atoms with van der Waals surface area (Å²) in [6.07, 6.45) is 20.7. The van der Waals surface area contributed by atoms with E-state index in [2.05, 4.69) is 36.6 Å². The highest BCUT2D eigenvalue weighted by Gasteiger charge is 2.54. The summed E-state index contributed by atoms with van der Waals surface area (Å²) in [6, 6.07) is 0. The van der Waals surface area contributed by atoms with Crippen LogP contribution < -0.4 is 0 Å². The zero-order valence-electron chi connectivity index (χ0n) is 39.5. The van der Waals surface area contributed by atoms with Gasteiger partial charge in [0.2, 0.25) is 0 Å². The number of aliphatic hydroxyl groups is 6. The lowest BCUT2D eigenvalue weighted by Crippen LogP contribution is -2.64. The average Bonchev–Trinajstić information content (AvgIpc) is 3.27. The third-order valence-electron chi connectivity index (χ3n) is 10.8. The highest BCUT2D eigenvalue weighted by atomic mass is 31.2. The van der Waals surface area contributed by atoms with Gasteiger partial charge >= 0.3 is 27.6 Å². The summed E-state index contributed by atoms with van der Waals surface area (Å²) in [7, 11) is -10.8. The van der Waals surface area contributed by atoms with E-state index in [0.29, 0.717) is 12.8 Å². The van der Waals surface area contributed by atoms with E-state index in [9.17, 15) is 64.0 Å². The highest BCUT2D eigenvalue weighted by molar-refractivity contribution is 7.47. The minimum Gasteiger partial charge on any atom is -0.462 e. The Labute approximate surface area is 397 Å². The summed E-state index contributed by atoms with van der Waals surface area (Å²) >= 11 is 0. The second-order valence-electron chi connectivity index (χ2n) is 16.9. The van der Waals surface area contributed by atoms with E-state index in [1.807, 2.05) is 6.08 Å². The summed E-state index contributed by atoms with van der Waals surface area (Å²) in [5.41, 5.74) is 0. The van der Waals surface area contributed by atoms with Crippen LogP contribution in [0, 0.1) is 0 Å². The van der Waals surface area contributed by atoms with Crippen molar-refractivity contribution in [3.63, 3.8) is 0 Å². The van der Waals surface area contributed by atoms with Crippen LogP contribution >= 0.6 is 15.6 Å². The zero-order valence-corrected chi connectivity index (χ0v) is 41.3. The number of esters is 2. The molecule has 0 aromatic rings. The van der Waals surface area contributed by atoms with E-state index in [1.54, 1.807) is 30.4 Å². The van der Waals surface area contributed by atoms with Crippen molar-refractivity contribution in [3.8, 4) is 0 Å². The van der Waals surface area contributed by atoms with Crippen LogP contribution in [0.15, 0.2) is 60.8 Å². The molecular weight excluding hydrogens is 914 g/mol. The van der Waals surface area contributed by atoms with Crippen LogP contribution in [-0.2, 0) is 41.8 Å². The van der Waals surface area contributed by atoms with Gasteiger partial charge < -0.3 is 54.8 Å². The minimum absolute atomic E-state index is 0.0560. The Morgan fingerprint density at radius 2 is 1.04 bits per heavy atom. The quantitative estimate of drug-likeness (QED) is 0.00984. The van der Waals surface area contributed by atoms with Gasteiger partial charge in [0.05, 0.1) is 18.8 Å². The molecule has 5 unspecified atom stereocenters. The Morgan fingerprint density at radius 1 is 0.552 bits per heavy atom. The van der Waals surface area contributed by atoms with Gasteiger partial charge in [-0.25, -0.2) is 9.13 Å². The number of carbonyl (C=O) groups excluding carboxylic acids is 2. The molecule has 1 fully saturated rings. The van der Waals surface area contributed by atoms with Gasteiger partial charge in [-0.05, 0) is 64.2 Å². The van der Waals surface area contributed by atoms with Gasteiger partial charge in [0.25, 0.3) is 0 Å². The lowest BCUT2D eigenvalue weighted by molar-refractivity contribution is -0.216. The summed E-state index contributed by atoms with van der Waals surface area (Å²) in [6.45, 7) is 2.83. The smallest absolute Gasteiger partial charge is 0.462 e. The highest BCUT2D eigenvalue weighted by Crippen LogP contribution is 2.49. The molecule has 388 valence electrons. The third-order valence-corrected chi connectivity index (χ3v) is 12.3. The zero-order chi connectivity index (χ0) is 49.9. The fourth-order valence-electron chi connectivity index (χ4n) is 6.92. The topological polar surface area (TPSA) is 296 Å². The molecule has 0 bridgehead atoms. The number of phosphoric ester groups is 2. The first-order chi connectivity index (χ1) is 31.9. The molecule has 0 spiro atoms. The first kappa shape index (κ1) is 62.6. The van der Waals surface area contributed by atoms with Crippen LogP contribution in [0.2, 0.25) is 0 Å². The number of unbranched alkanes of at least 4 members (excludes halogenated alkanes) is 14. The Balaban J connectivity index is 2.72. The van der Waals surface area contributed by atoms with Gasteiger partial charge in [0.15, 0.2) is 6.10 Å². The molecule has 18 nitrogen and oxygen atoms in total. The number of rotatable bonds is 39. The van der Waals surface area contributed by atoms with Crippen molar-refractivity contribution in [1.82, 2.24) is 0 Å². The molecular formula is C47H82O18P2. The minimum atomic E-state index is -5.40. The summed E-state index contributed by atoms with van der Waals surface area (Å²) < 4.78 is 49.2. The summed E-state index contributed by atoms with van der Waals surface area (Å²) in [5.74, 6) is -1.46. The maximum Gasteiger partial charge on any atom is 0.472 e. The molecule has 0 heterocycles. The molecule has 0 saturated heterocycles. The number of aliphatic hydroxyl groups excluding tert-OH is 6. The molecule has 1 rings (SSSR count). The Morgan fingerprint density at radius 3 is 1.64 bits per heavy atom. The molecule has 10 atom stereocenters. The van der Waals surface area contributed by atoms with Crippen LogP contribution in [-0.4, -0.2) is 125 Å². The maximum absolute atomic E-state index is 13.0. The number of carbonyl (C=O) groups is 2. The standard InChI is InChI=1S/C47H82O18P2/c1-3-5-7-9-11-12-13-14-15-16-17-18-19-21-27-33-40(50)61-35-39(36-62-67(59,60)65-47-44(54)42(52)43(53)46(45(47)55)64-66(56,57)58)63-41(51)34-28-32-38(49)31-26-23-22-25-30-37(48)29-24-20-10-8-6-4-2/h14-15,20,22-26,30-31,37-39,42-49,52-55H,3-13,16-19,21,27-29,32-36H2,1-2H3,(H,59,60)(H2,56,57,58)/b15-14-,23-22+,24-20-,30-25+,31-26-/t37-,38-,39+,42?,43?,44?,45?,46+,47-/m0/s1. The molecule has 0 aromatic heterocycles. The maximum atomic E-state index is 13.0. The van der Waals surface area contributed by atoms with Crippen LogP contribution in [0.25, 0.3) is 0 Å². The van der Waals surface area contributed by atoms with Gasteiger partial charge in [-0.15, -0.1) is 0 Å². The fraction of sp³-hybridized carbons (Fsp3) is 0.745. The van der Waals surface area contributed by atoms with E-state index in [0.717, 1.165) is 57.8 Å². The first-order valence-corrected chi connectivity index (χ1v) is 27.1. The Bertz CT molecular complexity index is 1560. The molecule has 1 saturated carbocycles. The van der Waals surface area contributed by atoms with Crippen molar-refractivity contribution in [2.75, 3.05) is 13.2 Å². The molecule has 9 N–H and O–H groups in total. The van der Waals surface area contributed by atoms with Crippen molar-refractivity contribution in [3.05, 3.63) is 60.8 Å². The second-order valence-corrected chi connectivity index (χ2v) is 19.5. The number of allylic oxidation sites excluding steroid dienone is 7. The van der Waals surface area contributed by atoms with Crippen molar-refractivity contribution < 1.29 is 87.1 Å². The third kappa shape index (κ3) is 32.2. The number of hydrogen-bond donors (Lipinski definition) is 9. The predicted octanol–water partition coefficient (Wildman–Crippen LogP) is 7.00. The lowest BCUT2D eigenvalue weighted by atomic mass is 9.85. The molecule has 20 heteroatoms. The van der Waals surface area contributed by atoms with E-state index < -0.39 is 95.7 Å². The molecule has 0 radical (unpaired) electrons. The summed E-state index contributed by atoms with van der Waals surface area (Å²) in [4.78, 5) is 54.3. The Kier molecular flexibility index (Phi) is 35.0. The molecule has 0 aromatic carbocycles. The van der Waals surface area contributed by atoms with Gasteiger partial charge in [-0.2, -0.15) is 0 Å². The van der Waals surface area contributed by atoms with E-state index in [4.69, 9.17) is 18.5 Å². The van der Waals surface area contributed by atoms with Gasteiger partial charge in [-0.1, -0.05) is 139 Å². The summed E-state index contributed by atoms with van der Waals surface area (Å²) in [5, 5.41) is 61.7. The monoisotopic (exact) mass is 996 g/mol. The molecule has 67 heavy (non-hydrogen) atoms. The van der Waals surface area contributed by atoms with Crippen LogP contribution in [0.5, 0.6) is 0 Å². The number of hydrogen-bond acceptors (Lipinski definition) is 15. The van der Waals surface area contributed by atoms with Crippen LogP contribution in [0.1, 0.15) is 155 Å². The van der Waals surface area contributed by atoms with E-state index >= 15 is 0 Å². The van der Waals surface area contributed by atoms with Gasteiger partial charge in [-0.3, -0.25) is 23.2 Å². The number of phosphoric acid groups is 2. The fourth-order valence-corrected chi connectivity index (χ4v) is 8.46.